The number of ether oxygens (including phenoxy) is 2. The summed E-state index contributed by atoms with van der Waals surface area (Å²) in [5.74, 6) is -1.63. The maximum atomic E-state index is 14.8. The zero-order valence-corrected chi connectivity index (χ0v) is 27.4. The summed E-state index contributed by atoms with van der Waals surface area (Å²) in [5.41, 5.74) is 0.994. The number of carbonyl (C=O) groups excluding carboxylic acids is 3. The minimum Gasteiger partial charge on any atom is -0.494 e. The van der Waals surface area contributed by atoms with Crippen LogP contribution in [0.5, 0.6) is 5.75 Å². The van der Waals surface area contributed by atoms with Gasteiger partial charge in [0.2, 0.25) is 17.7 Å². The molecule has 12 heteroatoms. The Hall–Kier alpha value is -4.55. The largest absolute Gasteiger partial charge is 0.494 e. The highest BCUT2D eigenvalue weighted by atomic mass is 16.5. The van der Waals surface area contributed by atoms with E-state index >= 15 is 0 Å². The maximum Gasteiger partial charge on any atom is 0.250 e. The van der Waals surface area contributed by atoms with Gasteiger partial charge >= 0.3 is 0 Å². The van der Waals surface area contributed by atoms with E-state index in [2.05, 4.69) is 23.5 Å². The van der Waals surface area contributed by atoms with Gasteiger partial charge in [0.05, 0.1) is 30.1 Å². The number of aromatic nitrogens is 3. The standard InChI is InChI=1S/C36H44N6O6/c1-4-20-39(24-42-28-13-9-8-12-27(28)37-38-42)35(46)32-36-19-18-29(48-36)30(31(36)34(45)41(32)22-10-7-11-23-43)33(44)40(21-5-2)25-14-16-26(17-15-25)47-6-3/h4-5,8-9,12-17,29-32,43H,1-2,6-7,10-11,18-24H2,3H3/t29-,30+,31-,32?,36?/m0/s1. The maximum absolute atomic E-state index is 14.8. The van der Waals surface area contributed by atoms with Crippen LogP contribution in [0, 0.1) is 11.8 Å². The molecule has 0 saturated carbocycles. The molecule has 3 saturated heterocycles. The first-order valence-corrected chi connectivity index (χ1v) is 16.8. The third-order valence-electron chi connectivity index (χ3n) is 9.80. The van der Waals surface area contributed by atoms with E-state index in [0.717, 1.165) is 5.52 Å². The molecule has 2 bridgehead atoms. The zero-order chi connectivity index (χ0) is 33.8. The fourth-order valence-corrected chi connectivity index (χ4v) is 7.78. The molecule has 254 valence electrons. The summed E-state index contributed by atoms with van der Waals surface area (Å²) in [6, 6.07) is 13.9. The van der Waals surface area contributed by atoms with Crippen molar-refractivity contribution in [1.82, 2.24) is 24.8 Å². The second kappa shape index (κ2) is 14.3. The Labute approximate surface area is 280 Å². The van der Waals surface area contributed by atoms with E-state index in [-0.39, 0.29) is 44.1 Å². The minimum absolute atomic E-state index is 0.0495. The predicted molar refractivity (Wildman–Crippen MR) is 180 cm³/mol. The molecule has 2 unspecified atom stereocenters. The van der Waals surface area contributed by atoms with Gasteiger partial charge in [0, 0.05) is 31.9 Å². The molecule has 3 fully saturated rings. The Morgan fingerprint density at radius 2 is 1.85 bits per heavy atom. The number of aliphatic hydroxyl groups excluding tert-OH is 1. The summed E-state index contributed by atoms with van der Waals surface area (Å²) in [7, 11) is 0. The molecule has 3 aliphatic rings. The molecule has 6 rings (SSSR count). The van der Waals surface area contributed by atoms with E-state index in [1.807, 2.05) is 55.5 Å². The van der Waals surface area contributed by atoms with Crippen LogP contribution in [0.15, 0.2) is 73.8 Å². The van der Waals surface area contributed by atoms with Gasteiger partial charge in [-0.3, -0.25) is 14.4 Å². The molecule has 5 atom stereocenters. The number of nitrogens with zero attached hydrogens (tertiary/aromatic N) is 6. The van der Waals surface area contributed by atoms with Crippen molar-refractivity contribution in [1.29, 1.82) is 0 Å². The highest BCUT2D eigenvalue weighted by Crippen LogP contribution is 2.59. The second-order valence-electron chi connectivity index (χ2n) is 12.6. The van der Waals surface area contributed by atoms with Crippen molar-refractivity contribution in [3.63, 3.8) is 0 Å². The minimum atomic E-state index is -1.15. The van der Waals surface area contributed by atoms with Crippen LogP contribution in [0.3, 0.4) is 0 Å². The van der Waals surface area contributed by atoms with Crippen molar-refractivity contribution in [3.05, 3.63) is 73.8 Å². The van der Waals surface area contributed by atoms with Crippen LogP contribution in [-0.2, 0) is 25.8 Å². The van der Waals surface area contributed by atoms with Gasteiger partial charge in [-0.2, -0.15) is 0 Å². The lowest BCUT2D eigenvalue weighted by atomic mass is 9.70. The Balaban J connectivity index is 1.34. The topological polar surface area (TPSA) is 130 Å². The summed E-state index contributed by atoms with van der Waals surface area (Å²) in [6.07, 6.45) is 5.74. The lowest BCUT2D eigenvalue weighted by Gasteiger charge is -2.37. The van der Waals surface area contributed by atoms with E-state index in [1.165, 1.54) is 0 Å². The van der Waals surface area contributed by atoms with Crippen LogP contribution in [0.2, 0.25) is 0 Å². The smallest absolute Gasteiger partial charge is 0.250 e. The highest BCUT2D eigenvalue weighted by molar-refractivity contribution is 6.03. The van der Waals surface area contributed by atoms with Crippen LogP contribution in [0.4, 0.5) is 5.69 Å². The van der Waals surface area contributed by atoms with Crippen molar-refractivity contribution in [2.75, 3.05) is 37.7 Å². The average Bonchev–Trinajstić information content (AvgIpc) is 3.85. The quantitative estimate of drug-likeness (QED) is 0.183. The molecule has 1 N–H and O–H groups in total. The van der Waals surface area contributed by atoms with Gasteiger partial charge in [-0.1, -0.05) is 29.5 Å². The lowest BCUT2D eigenvalue weighted by Crippen LogP contribution is -2.56. The summed E-state index contributed by atoms with van der Waals surface area (Å²) >= 11 is 0. The third-order valence-corrected chi connectivity index (χ3v) is 9.80. The van der Waals surface area contributed by atoms with Gasteiger partial charge in [0.1, 0.15) is 29.6 Å². The Morgan fingerprint density at radius 1 is 1.08 bits per heavy atom. The van der Waals surface area contributed by atoms with E-state index in [1.54, 1.807) is 31.5 Å². The Bertz CT molecular complexity index is 1660. The van der Waals surface area contributed by atoms with E-state index in [4.69, 9.17) is 9.47 Å². The van der Waals surface area contributed by atoms with Gasteiger partial charge in [0.15, 0.2) is 0 Å². The first-order valence-electron chi connectivity index (χ1n) is 16.8. The molecule has 0 radical (unpaired) electrons. The molecule has 1 spiro atoms. The molecular weight excluding hydrogens is 612 g/mol. The molecule has 3 aliphatic heterocycles. The first-order chi connectivity index (χ1) is 23.4. The number of anilines is 1. The fraction of sp³-hybridized carbons (Fsp3) is 0.472. The average molecular weight is 657 g/mol. The number of aliphatic hydroxyl groups is 1. The number of para-hydroxylation sites is 1. The number of unbranched alkanes of at least 4 members (excludes halogenated alkanes) is 2. The van der Waals surface area contributed by atoms with Crippen LogP contribution in [-0.4, -0.2) is 98.2 Å². The van der Waals surface area contributed by atoms with E-state index < -0.39 is 29.6 Å². The van der Waals surface area contributed by atoms with Crippen molar-refractivity contribution in [2.45, 2.75) is 63.4 Å². The van der Waals surface area contributed by atoms with E-state index in [0.29, 0.717) is 62.2 Å². The molecule has 2 aromatic carbocycles. The number of fused-ring (bicyclic) bond motifs is 2. The van der Waals surface area contributed by atoms with Crippen molar-refractivity contribution in [2.24, 2.45) is 11.8 Å². The lowest BCUT2D eigenvalue weighted by molar-refractivity contribution is -0.149. The zero-order valence-electron chi connectivity index (χ0n) is 27.4. The number of rotatable bonds is 16. The number of hydrogen-bond acceptors (Lipinski definition) is 8. The fourth-order valence-electron chi connectivity index (χ4n) is 7.78. The number of hydrogen-bond donors (Lipinski definition) is 1. The normalized spacial score (nSPS) is 24.1. The van der Waals surface area contributed by atoms with E-state index in [9.17, 15) is 19.5 Å². The second-order valence-corrected chi connectivity index (χ2v) is 12.6. The summed E-state index contributed by atoms with van der Waals surface area (Å²) < 4.78 is 14.0. The monoisotopic (exact) mass is 656 g/mol. The Morgan fingerprint density at radius 3 is 2.58 bits per heavy atom. The Kier molecular flexibility index (Phi) is 9.93. The molecule has 12 nitrogen and oxygen atoms in total. The molecule has 3 aromatic rings. The van der Waals surface area contributed by atoms with Crippen LogP contribution >= 0.6 is 0 Å². The number of carbonyl (C=O) groups is 3. The highest BCUT2D eigenvalue weighted by Gasteiger charge is 2.74. The predicted octanol–water partition coefficient (Wildman–Crippen LogP) is 3.56. The van der Waals surface area contributed by atoms with Crippen molar-refractivity contribution in [3.8, 4) is 5.75 Å². The first kappa shape index (κ1) is 33.4. The third kappa shape index (κ3) is 5.87. The number of amides is 3. The van der Waals surface area contributed by atoms with Gasteiger partial charge < -0.3 is 29.3 Å². The van der Waals surface area contributed by atoms with Crippen molar-refractivity contribution < 1.29 is 29.0 Å². The SMILES string of the molecule is C=CCN(Cn1nnc2ccccc21)C(=O)C1N(CCCCCO)C(=O)[C@@H]2[C@H](C(=O)N(CC=C)c3ccc(OCC)cc3)[C@@H]3CCC12O3. The van der Waals surface area contributed by atoms with Crippen molar-refractivity contribution >= 4 is 34.4 Å². The number of benzene rings is 2. The molecule has 1 aromatic heterocycles. The molecule has 4 heterocycles. The van der Waals surface area contributed by atoms with Crippen LogP contribution in [0.1, 0.15) is 39.0 Å². The molecule has 3 amide bonds. The van der Waals surface area contributed by atoms with Gasteiger partial charge in [0.25, 0.3) is 0 Å². The number of likely N-dealkylation sites (tertiary alicyclic amines) is 1. The summed E-state index contributed by atoms with van der Waals surface area (Å²) in [5, 5.41) is 17.9. The summed E-state index contributed by atoms with van der Waals surface area (Å²) in [4.78, 5) is 48.7. The van der Waals surface area contributed by atoms with Crippen LogP contribution < -0.4 is 9.64 Å². The molecular formula is C36H44N6O6. The molecule has 0 aliphatic carbocycles. The van der Waals surface area contributed by atoms with Gasteiger partial charge in [-0.05, 0) is 75.4 Å². The van der Waals surface area contributed by atoms with Gasteiger partial charge in [-0.15, -0.1) is 18.3 Å². The summed E-state index contributed by atoms with van der Waals surface area (Å²) in [6.45, 7) is 11.1. The molecule has 48 heavy (non-hydrogen) atoms. The van der Waals surface area contributed by atoms with Crippen LogP contribution in [0.25, 0.3) is 11.0 Å². The van der Waals surface area contributed by atoms with Gasteiger partial charge in [-0.25, -0.2) is 4.68 Å².